The van der Waals surface area contributed by atoms with E-state index in [1.54, 1.807) is 39.0 Å². The molecule has 37 heavy (non-hydrogen) atoms. The number of likely N-dealkylation sites (tertiary alicyclic amines) is 1. The number of carbonyl (C=O) groups is 3. The Labute approximate surface area is 216 Å². The fourth-order valence-corrected chi connectivity index (χ4v) is 4.68. The molecule has 3 rings (SSSR count). The van der Waals surface area contributed by atoms with Gasteiger partial charge in [0.05, 0.1) is 32.4 Å². The number of Topliss-reactive ketones (excluding diaryl/α,β-unsaturated/α-hetero) is 1. The Morgan fingerprint density at radius 3 is 2.41 bits per heavy atom. The number of hydrogen-bond donors (Lipinski definition) is 2. The summed E-state index contributed by atoms with van der Waals surface area (Å²) in [5.41, 5.74) is 1.91. The molecule has 0 aliphatic carbocycles. The molecule has 200 valence electrons. The zero-order valence-electron chi connectivity index (χ0n) is 22.4. The van der Waals surface area contributed by atoms with Gasteiger partial charge in [-0.3, -0.25) is 9.59 Å². The number of methoxy groups -OCH3 is 2. The van der Waals surface area contributed by atoms with Crippen molar-refractivity contribution >= 4 is 23.4 Å². The zero-order valence-corrected chi connectivity index (χ0v) is 22.4. The SMILES string of the molecule is CCOC(=O)c1[nH]c(C)c(C(O)=C2C(=O)C(=O)N(CCCN(C)C)[C@H]2c2ccc(OC)c(OC)c2)c1C. The van der Waals surface area contributed by atoms with Gasteiger partial charge >= 0.3 is 5.97 Å². The normalized spacial score (nSPS) is 17.0. The molecular formula is C27H35N3O7. The van der Waals surface area contributed by atoms with Crippen molar-refractivity contribution < 1.29 is 33.7 Å². The number of aliphatic hydroxyl groups excluding tert-OH is 1. The van der Waals surface area contributed by atoms with Crippen LogP contribution in [-0.4, -0.2) is 85.6 Å². The molecule has 1 fully saturated rings. The first kappa shape index (κ1) is 27.8. The Morgan fingerprint density at radius 1 is 1.14 bits per heavy atom. The molecule has 10 heteroatoms. The van der Waals surface area contributed by atoms with Crippen LogP contribution in [0.2, 0.25) is 0 Å². The Balaban J connectivity index is 2.21. The first-order chi connectivity index (χ1) is 17.6. The molecule has 1 aliphatic rings. The van der Waals surface area contributed by atoms with Crippen LogP contribution in [-0.2, 0) is 14.3 Å². The molecule has 1 aromatic heterocycles. The summed E-state index contributed by atoms with van der Waals surface area (Å²) in [4.78, 5) is 45.5. The van der Waals surface area contributed by atoms with Gasteiger partial charge in [0.25, 0.3) is 11.7 Å². The van der Waals surface area contributed by atoms with E-state index in [0.717, 1.165) is 0 Å². The number of amides is 1. The first-order valence-electron chi connectivity index (χ1n) is 12.1. The average molecular weight is 514 g/mol. The molecule has 1 atom stereocenters. The lowest BCUT2D eigenvalue weighted by atomic mass is 9.93. The topological polar surface area (TPSA) is 121 Å². The van der Waals surface area contributed by atoms with Crippen molar-refractivity contribution in [2.45, 2.75) is 33.2 Å². The van der Waals surface area contributed by atoms with E-state index in [9.17, 15) is 19.5 Å². The number of aromatic amines is 1. The molecule has 1 aromatic carbocycles. The van der Waals surface area contributed by atoms with Gasteiger partial charge in [-0.05, 0) is 71.1 Å². The quantitative estimate of drug-likeness (QED) is 0.215. The van der Waals surface area contributed by atoms with Gasteiger partial charge in [-0.15, -0.1) is 0 Å². The summed E-state index contributed by atoms with van der Waals surface area (Å²) in [6.45, 7) is 6.24. The summed E-state index contributed by atoms with van der Waals surface area (Å²) in [5, 5.41) is 11.5. The largest absolute Gasteiger partial charge is 0.507 e. The minimum Gasteiger partial charge on any atom is -0.507 e. The second-order valence-corrected chi connectivity index (χ2v) is 9.11. The Bertz CT molecular complexity index is 1230. The minimum absolute atomic E-state index is 0.0531. The number of H-pyrrole nitrogens is 1. The van der Waals surface area contributed by atoms with Crippen molar-refractivity contribution in [3.05, 3.63) is 51.9 Å². The van der Waals surface area contributed by atoms with Gasteiger partial charge in [-0.25, -0.2) is 4.79 Å². The van der Waals surface area contributed by atoms with Gasteiger partial charge in [0.1, 0.15) is 11.5 Å². The highest BCUT2D eigenvalue weighted by molar-refractivity contribution is 6.46. The molecule has 0 spiro atoms. The molecular weight excluding hydrogens is 478 g/mol. The van der Waals surface area contributed by atoms with Crippen LogP contribution < -0.4 is 9.47 Å². The molecule has 2 heterocycles. The molecule has 0 radical (unpaired) electrons. The summed E-state index contributed by atoms with van der Waals surface area (Å²) in [6, 6.07) is 4.27. The molecule has 10 nitrogen and oxygen atoms in total. The molecule has 1 aliphatic heterocycles. The van der Waals surface area contributed by atoms with Crippen LogP contribution in [0.4, 0.5) is 0 Å². The molecule has 0 unspecified atom stereocenters. The molecule has 1 saturated heterocycles. The third kappa shape index (κ3) is 5.34. The molecule has 0 saturated carbocycles. The van der Waals surface area contributed by atoms with Gasteiger partial charge < -0.3 is 34.1 Å². The fraction of sp³-hybridized carbons (Fsp3) is 0.444. The number of ketones is 1. The number of esters is 1. The maximum absolute atomic E-state index is 13.4. The third-order valence-corrected chi connectivity index (χ3v) is 6.42. The fourth-order valence-electron chi connectivity index (χ4n) is 4.68. The van der Waals surface area contributed by atoms with Crippen LogP contribution in [0.15, 0.2) is 23.8 Å². The lowest BCUT2D eigenvalue weighted by molar-refractivity contribution is -0.139. The van der Waals surface area contributed by atoms with Crippen LogP contribution >= 0.6 is 0 Å². The van der Waals surface area contributed by atoms with Crippen molar-refractivity contribution in [1.82, 2.24) is 14.8 Å². The van der Waals surface area contributed by atoms with E-state index in [1.807, 2.05) is 19.0 Å². The first-order valence-corrected chi connectivity index (χ1v) is 12.1. The Hall–Kier alpha value is -3.79. The van der Waals surface area contributed by atoms with Gasteiger partial charge in [0, 0.05) is 17.8 Å². The summed E-state index contributed by atoms with van der Waals surface area (Å²) in [6.07, 6.45) is 0.624. The van der Waals surface area contributed by atoms with E-state index >= 15 is 0 Å². The highest BCUT2D eigenvalue weighted by Gasteiger charge is 2.46. The second kappa shape index (κ2) is 11.5. The molecule has 2 N–H and O–H groups in total. The molecule has 1 amide bonds. The van der Waals surface area contributed by atoms with Crippen LogP contribution in [0.5, 0.6) is 11.5 Å². The minimum atomic E-state index is -0.860. The number of hydrogen-bond acceptors (Lipinski definition) is 8. The number of ether oxygens (including phenoxy) is 3. The lowest BCUT2D eigenvalue weighted by Crippen LogP contribution is -2.32. The van der Waals surface area contributed by atoms with Crippen molar-refractivity contribution in [3.63, 3.8) is 0 Å². The molecule has 2 aromatic rings. The van der Waals surface area contributed by atoms with Gasteiger partial charge in [-0.1, -0.05) is 6.07 Å². The molecule has 0 bridgehead atoms. The maximum Gasteiger partial charge on any atom is 0.355 e. The number of nitrogens with one attached hydrogen (secondary N) is 1. The van der Waals surface area contributed by atoms with Crippen LogP contribution in [0, 0.1) is 13.8 Å². The Kier molecular flexibility index (Phi) is 8.65. The van der Waals surface area contributed by atoms with Gasteiger partial charge in [0.2, 0.25) is 0 Å². The Morgan fingerprint density at radius 2 is 1.81 bits per heavy atom. The third-order valence-electron chi connectivity index (χ3n) is 6.42. The zero-order chi connectivity index (χ0) is 27.4. The van der Waals surface area contributed by atoms with E-state index in [0.29, 0.717) is 53.4 Å². The smallest absolute Gasteiger partial charge is 0.355 e. The van der Waals surface area contributed by atoms with Crippen molar-refractivity contribution in [3.8, 4) is 11.5 Å². The number of aliphatic hydroxyl groups is 1. The van der Waals surface area contributed by atoms with E-state index in [-0.39, 0.29) is 23.6 Å². The van der Waals surface area contributed by atoms with E-state index in [4.69, 9.17) is 14.2 Å². The highest BCUT2D eigenvalue weighted by Crippen LogP contribution is 2.43. The number of carbonyl (C=O) groups excluding carboxylic acids is 3. The van der Waals surface area contributed by atoms with Crippen LogP contribution in [0.25, 0.3) is 5.76 Å². The standard InChI is InChI=1S/C27H35N3O7/c1-8-37-27(34)22-15(2)20(16(3)28-22)24(31)21-23(17-10-11-18(35-6)19(14-17)36-7)30(26(33)25(21)32)13-9-12-29(4)5/h10-11,14,23,28,31H,8-9,12-13H2,1-7H3/t23-/m0/s1. The van der Waals surface area contributed by atoms with E-state index < -0.39 is 23.7 Å². The number of rotatable bonds is 10. The number of nitrogens with zero attached hydrogens (tertiary/aromatic N) is 2. The predicted molar refractivity (Wildman–Crippen MR) is 138 cm³/mol. The monoisotopic (exact) mass is 513 g/mol. The van der Waals surface area contributed by atoms with Gasteiger partial charge in [-0.2, -0.15) is 0 Å². The lowest BCUT2D eigenvalue weighted by Gasteiger charge is -2.26. The number of aromatic nitrogens is 1. The number of aryl methyl sites for hydroxylation is 1. The average Bonchev–Trinajstić information content (AvgIpc) is 3.30. The highest BCUT2D eigenvalue weighted by atomic mass is 16.5. The van der Waals surface area contributed by atoms with Crippen molar-refractivity contribution in [1.29, 1.82) is 0 Å². The summed E-state index contributed by atoms with van der Waals surface area (Å²) in [5.74, 6) is -1.49. The maximum atomic E-state index is 13.4. The summed E-state index contributed by atoms with van der Waals surface area (Å²) >= 11 is 0. The number of benzene rings is 1. The van der Waals surface area contributed by atoms with E-state index in [1.165, 1.54) is 19.1 Å². The second-order valence-electron chi connectivity index (χ2n) is 9.11. The summed E-state index contributed by atoms with van der Waals surface area (Å²) < 4.78 is 15.9. The summed E-state index contributed by atoms with van der Waals surface area (Å²) in [7, 11) is 6.87. The van der Waals surface area contributed by atoms with Crippen LogP contribution in [0.1, 0.15) is 52.3 Å². The van der Waals surface area contributed by atoms with E-state index in [2.05, 4.69) is 4.98 Å². The predicted octanol–water partition coefficient (Wildman–Crippen LogP) is 3.20. The van der Waals surface area contributed by atoms with Crippen molar-refractivity contribution in [2.75, 3.05) is 48.0 Å². The van der Waals surface area contributed by atoms with Crippen LogP contribution in [0.3, 0.4) is 0 Å². The van der Waals surface area contributed by atoms with Crippen molar-refractivity contribution in [2.24, 2.45) is 0 Å². The van der Waals surface area contributed by atoms with Gasteiger partial charge in [0.15, 0.2) is 11.5 Å².